The minimum absolute atomic E-state index is 0.0323. The first-order chi connectivity index (χ1) is 10.9. The van der Waals surface area contributed by atoms with Gasteiger partial charge in [0.25, 0.3) is 5.91 Å². The zero-order chi connectivity index (χ0) is 17.0. The van der Waals surface area contributed by atoms with Crippen molar-refractivity contribution < 1.29 is 4.79 Å². The van der Waals surface area contributed by atoms with Crippen LogP contribution in [0.1, 0.15) is 16.7 Å². The first-order valence-electron chi connectivity index (χ1n) is 6.87. The molecule has 0 heterocycles. The van der Waals surface area contributed by atoms with Crippen molar-refractivity contribution in [2.45, 2.75) is 13.8 Å². The molecule has 0 aliphatic rings. The smallest absolute Gasteiger partial charge is 0.266 e. The monoisotopic (exact) mass is 344 g/mol. The maximum Gasteiger partial charge on any atom is 0.266 e. The molecule has 0 aromatic heterocycles. The highest BCUT2D eigenvalue weighted by atomic mass is 35.5. The Labute approximate surface area is 145 Å². The lowest BCUT2D eigenvalue weighted by Gasteiger charge is -2.10. The third-order valence-electron chi connectivity index (χ3n) is 3.48. The highest BCUT2D eigenvalue weighted by Gasteiger charge is 2.12. The van der Waals surface area contributed by atoms with E-state index in [0.717, 1.165) is 11.1 Å². The van der Waals surface area contributed by atoms with E-state index >= 15 is 0 Å². The number of amides is 1. The zero-order valence-electron chi connectivity index (χ0n) is 12.7. The van der Waals surface area contributed by atoms with Crippen LogP contribution in [0, 0.1) is 25.2 Å². The number of aryl methyl sites for hydroxylation is 1. The fourth-order valence-electron chi connectivity index (χ4n) is 2.00. The Balaban J connectivity index is 2.30. The summed E-state index contributed by atoms with van der Waals surface area (Å²) in [5, 5.41) is 12.9. The summed E-state index contributed by atoms with van der Waals surface area (Å²) in [5.41, 5.74) is 3.23. The van der Waals surface area contributed by atoms with Crippen LogP contribution < -0.4 is 5.32 Å². The van der Waals surface area contributed by atoms with Gasteiger partial charge in [0.15, 0.2) is 0 Å². The molecule has 0 fully saturated rings. The van der Waals surface area contributed by atoms with Crippen molar-refractivity contribution in [1.82, 2.24) is 0 Å². The third-order valence-corrected chi connectivity index (χ3v) is 4.04. The Morgan fingerprint density at radius 3 is 2.61 bits per heavy atom. The standard InChI is InChI=1S/C18H14Cl2N2O/c1-11-4-3-5-17(12(11)2)22-18(23)14(10-21)8-13-6-7-15(19)9-16(13)20/h3-9H,1-2H3,(H,22,23)/b14-8+. The van der Waals surface area contributed by atoms with Gasteiger partial charge in [-0.1, -0.05) is 41.4 Å². The van der Waals surface area contributed by atoms with Gasteiger partial charge in [0.2, 0.25) is 0 Å². The number of nitrogens with zero attached hydrogens (tertiary/aromatic N) is 1. The van der Waals surface area contributed by atoms with E-state index in [1.807, 2.05) is 32.0 Å². The SMILES string of the molecule is Cc1cccc(NC(=O)/C(C#N)=C/c2ccc(Cl)cc2Cl)c1C. The molecule has 0 unspecified atom stereocenters. The molecule has 3 nitrogen and oxygen atoms in total. The van der Waals surface area contributed by atoms with Gasteiger partial charge in [-0.2, -0.15) is 5.26 Å². The van der Waals surface area contributed by atoms with Gasteiger partial charge in [-0.15, -0.1) is 0 Å². The molecule has 2 rings (SSSR count). The molecule has 2 aromatic carbocycles. The van der Waals surface area contributed by atoms with Crippen molar-refractivity contribution in [3.63, 3.8) is 0 Å². The molecule has 0 spiro atoms. The number of carbonyl (C=O) groups excluding carboxylic acids is 1. The molecule has 1 amide bonds. The van der Waals surface area contributed by atoms with Gasteiger partial charge in [-0.3, -0.25) is 4.79 Å². The van der Waals surface area contributed by atoms with Crippen LogP contribution in [0.2, 0.25) is 10.0 Å². The minimum atomic E-state index is -0.479. The van der Waals surface area contributed by atoms with Gasteiger partial charge in [-0.05, 0) is 54.8 Å². The van der Waals surface area contributed by atoms with Gasteiger partial charge in [0, 0.05) is 15.7 Å². The van der Waals surface area contributed by atoms with Crippen LogP contribution in [0.15, 0.2) is 42.0 Å². The number of nitrogens with one attached hydrogen (secondary N) is 1. The first-order valence-corrected chi connectivity index (χ1v) is 7.62. The van der Waals surface area contributed by atoms with Gasteiger partial charge in [-0.25, -0.2) is 0 Å². The Morgan fingerprint density at radius 2 is 1.96 bits per heavy atom. The lowest BCUT2D eigenvalue weighted by molar-refractivity contribution is -0.112. The molecule has 5 heteroatoms. The number of rotatable bonds is 3. The van der Waals surface area contributed by atoms with Crippen LogP contribution in [0.5, 0.6) is 0 Å². The van der Waals surface area contributed by atoms with Crippen molar-refractivity contribution in [2.24, 2.45) is 0 Å². The minimum Gasteiger partial charge on any atom is -0.321 e. The van der Waals surface area contributed by atoms with E-state index in [0.29, 0.717) is 21.3 Å². The summed E-state index contributed by atoms with van der Waals surface area (Å²) in [4.78, 5) is 12.3. The Morgan fingerprint density at radius 1 is 1.22 bits per heavy atom. The van der Waals surface area contributed by atoms with E-state index in [1.54, 1.807) is 24.3 Å². The molecule has 1 N–H and O–H groups in total. The van der Waals surface area contributed by atoms with E-state index in [-0.39, 0.29) is 5.57 Å². The quantitative estimate of drug-likeness (QED) is 0.617. The van der Waals surface area contributed by atoms with E-state index in [9.17, 15) is 10.1 Å². The molecule has 0 atom stereocenters. The number of nitriles is 1. The van der Waals surface area contributed by atoms with Crippen LogP contribution >= 0.6 is 23.2 Å². The number of carbonyl (C=O) groups is 1. The molecule has 0 aliphatic heterocycles. The molecular weight excluding hydrogens is 331 g/mol. The molecular formula is C18H14Cl2N2O. The number of anilines is 1. The largest absolute Gasteiger partial charge is 0.321 e. The normalized spacial score (nSPS) is 11.0. The molecule has 0 saturated carbocycles. The van der Waals surface area contributed by atoms with Crippen LogP contribution in [-0.2, 0) is 4.79 Å². The highest BCUT2D eigenvalue weighted by molar-refractivity contribution is 6.35. The maximum absolute atomic E-state index is 12.3. The van der Waals surface area contributed by atoms with E-state index < -0.39 is 5.91 Å². The van der Waals surface area contributed by atoms with Gasteiger partial charge < -0.3 is 5.32 Å². The molecule has 23 heavy (non-hydrogen) atoms. The average molecular weight is 345 g/mol. The van der Waals surface area contributed by atoms with Gasteiger partial charge >= 0.3 is 0 Å². The Bertz CT molecular complexity index is 835. The number of hydrogen-bond donors (Lipinski definition) is 1. The van der Waals surface area contributed by atoms with E-state index in [1.165, 1.54) is 6.08 Å². The summed E-state index contributed by atoms with van der Waals surface area (Å²) in [7, 11) is 0. The van der Waals surface area contributed by atoms with Crippen molar-refractivity contribution in [1.29, 1.82) is 5.26 Å². The zero-order valence-corrected chi connectivity index (χ0v) is 14.2. The average Bonchev–Trinajstić information content (AvgIpc) is 2.51. The second-order valence-corrected chi connectivity index (χ2v) is 5.88. The summed E-state index contributed by atoms with van der Waals surface area (Å²) >= 11 is 11.9. The molecule has 0 aliphatic carbocycles. The summed E-state index contributed by atoms with van der Waals surface area (Å²) in [5.74, 6) is -0.479. The van der Waals surface area contributed by atoms with Gasteiger partial charge in [0.1, 0.15) is 11.6 Å². The number of halogens is 2. The van der Waals surface area contributed by atoms with Crippen LogP contribution in [0.3, 0.4) is 0 Å². The fourth-order valence-corrected chi connectivity index (χ4v) is 2.46. The fraction of sp³-hybridized carbons (Fsp3) is 0.111. The summed E-state index contributed by atoms with van der Waals surface area (Å²) in [6.45, 7) is 3.87. The second kappa shape index (κ2) is 7.32. The van der Waals surface area contributed by atoms with Crippen molar-refractivity contribution >= 4 is 40.9 Å². The predicted molar refractivity (Wildman–Crippen MR) is 94.6 cm³/mol. The number of hydrogen-bond acceptors (Lipinski definition) is 2. The Kier molecular flexibility index (Phi) is 5.44. The predicted octanol–water partition coefficient (Wildman–Crippen LogP) is 5.16. The van der Waals surface area contributed by atoms with Gasteiger partial charge in [0.05, 0.1) is 0 Å². The van der Waals surface area contributed by atoms with Crippen LogP contribution in [-0.4, -0.2) is 5.91 Å². The molecule has 0 radical (unpaired) electrons. The molecule has 0 saturated heterocycles. The van der Waals surface area contributed by atoms with Crippen molar-refractivity contribution in [3.05, 3.63) is 68.7 Å². The summed E-state index contributed by atoms with van der Waals surface area (Å²) in [6, 6.07) is 12.4. The summed E-state index contributed by atoms with van der Waals surface area (Å²) in [6.07, 6.45) is 1.44. The van der Waals surface area contributed by atoms with Crippen molar-refractivity contribution in [2.75, 3.05) is 5.32 Å². The van der Waals surface area contributed by atoms with Crippen LogP contribution in [0.25, 0.3) is 6.08 Å². The molecule has 116 valence electrons. The lowest BCUT2D eigenvalue weighted by atomic mass is 10.1. The number of benzene rings is 2. The first kappa shape index (κ1) is 17.1. The van der Waals surface area contributed by atoms with E-state index in [2.05, 4.69) is 5.32 Å². The van der Waals surface area contributed by atoms with E-state index in [4.69, 9.17) is 23.2 Å². The molecule has 2 aromatic rings. The maximum atomic E-state index is 12.3. The van der Waals surface area contributed by atoms with Crippen LogP contribution in [0.4, 0.5) is 5.69 Å². The molecule has 0 bridgehead atoms. The topological polar surface area (TPSA) is 52.9 Å². The van der Waals surface area contributed by atoms with Crippen molar-refractivity contribution in [3.8, 4) is 6.07 Å². The summed E-state index contributed by atoms with van der Waals surface area (Å²) < 4.78 is 0. The Hall–Kier alpha value is -2.28. The highest BCUT2D eigenvalue weighted by Crippen LogP contribution is 2.24. The lowest BCUT2D eigenvalue weighted by Crippen LogP contribution is -2.14. The second-order valence-electron chi connectivity index (χ2n) is 5.04. The third kappa shape index (κ3) is 4.13.